The van der Waals surface area contributed by atoms with Crippen LogP contribution in [0.4, 0.5) is 4.79 Å². The summed E-state index contributed by atoms with van der Waals surface area (Å²) >= 11 is 3.61. The van der Waals surface area contributed by atoms with Crippen molar-refractivity contribution in [2.24, 2.45) is 0 Å². The normalized spacial score (nSPS) is 21.2. The fraction of sp³-hybridized carbons (Fsp3) is 0.318. The number of carbonyl (C=O) groups is 1. The van der Waals surface area contributed by atoms with Crippen LogP contribution in [0.1, 0.15) is 43.9 Å². The molecule has 1 N–H and O–H groups in total. The Balaban J connectivity index is 1.87. The molecule has 2 atom stereocenters. The lowest BCUT2D eigenvalue weighted by atomic mass is 9.80. The molecule has 4 heteroatoms. The van der Waals surface area contributed by atoms with Gasteiger partial charge in [0.05, 0.1) is 11.6 Å². The van der Waals surface area contributed by atoms with Crippen molar-refractivity contribution in [3.8, 4) is 0 Å². The highest BCUT2D eigenvalue weighted by Gasteiger charge is 2.41. The van der Waals surface area contributed by atoms with Gasteiger partial charge >= 0.3 is 6.03 Å². The summed E-state index contributed by atoms with van der Waals surface area (Å²) in [6.07, 6.45) is 1.60. The molecule has 2 aromatic rings. The summed E-state index contributed by atoms with van der Waals surface area (Å²) in [5.41, 5.74) is 2.95. The first-order valence-electron chi connectivity index (χ1n) is 8.96. The first-order valence-corrected chi connectivity index (χ1v) is 9.75. The highest BCUT2D eigenvalue weighted by atomic mass is 79.9. The molecule has 1 unspecified atom stereocenters. The maximum Gasteiger partial charge on any atom is 0.318 e. The molecule has 3 rings (SSSR count). The summed E-state index contributed by atoms with van der Waals surface area (Å²) in [5, 5.41) is 3.31. The lowest BCUT2D eigenvalue weighted by Gasteiger charge is -2.45. The number of hydrogen-bond acceptors (Lipinski definition) is 1. The molecular weight excluding hydrogens is 388 g/mol. The molecule has 0 spiro atoms. The Morgan fingerprint density at radius 1 is 1.23 bits per heavy atom. The third-order valence-corrected chi connectivity index (χ3v) is 5.86. The molecular formula is C22H25BrN2O. The van der Waals surface area contributed by atoms with Crippen molar-refractivity contribution in [1.82, 2.24) is 10.2 Å². The van der Waals surface area contributed by atoms with Crippen LogP contribution in [0.5, 0.6) is 0 Å². The number of rotatable bonds is 5. The van der Waals surface area contributed by atoms with Crippen molar-refractivity contribution in [3.63, 3.8) is 0 Å². The lowest BCUT2D eigenvalue weighted by Crippen LogP contribution is -2.58. The van der Waals surface area contributed by atoms with E-state index in [0.717, 1.165) is 34.0 Å². The Kier molecular flexibility index (Phi) is 5.52. The topological polar surface area (TPSA) is 32.3 Å². The smallest absolute Gasteiger partial charge is 0.318 e. The van der Waals surface area contributed by atoms with Crippen molar-refractivity contribution in [1.29, 1.82) is 0 Å². The molecule has 1 aliphatic rings. The van der Waals surface area contributed by atoms with E-state index in [0.29, 0.717) is 6.54 Å². The molecule has 0 radical (unpaired) electrons. The summed E-state index contributed by atoms with van der Waals surface area (Å²) in [5.74, 6) is 0. The van der Waals surface area contributed by atoms with E-state index in [-0.39, 0.29) is 17.6 Å². The first-order chi connectivity index (χ1) is 12.4. The maximum atomic E-state index is 13.1. The van der Waals surface area contributed by atoms with E-state index in [4.69, 9.17) is 0 Å². The minimum atomic E-state index is -0.381. The highest BCUT2D eigenvalue weighted by Crippen LogP contribution is 2.37. The van der Waals surface area contributed by atoms with Crippen molar-refractivity contribution in [2.45, 2.75) is 38.3 Å². The molecule has 1 aliphatic heterocycles. The van der Waals surface area contributed by atoms with E-state index >= 15 is 0 Å². The Morgan fingerprint density at radius 3 is 2.50 bits per heavy atom. The summed E-state index contributed by atoms with van der Waals surface area (Å²) in [7, 11) is 0. The largest absolute Gasteiger partial charge is 0.328 e. The predicted octanol–water partition coefficient (Wildman–Crippen LogP) is 5.79. The number of nitrogens with zero attached hydrogens (tertiary/aromatic N) is 1. The van der Waals surface area contributed by atoms with Crippen LogP contribution in [-0.2, 0) is 5.54 Å². The molecule has 1 heterocycles. The Labute approximate surface area is 164 Å². The fourth-order valence-electron chi connectivity index (χ4n) is 3.83. The maximum absolute atomic E-state index is 13.1. The average molecular weight is 413 g/mol. The Hall–Kier alpha value is -2.07. The molecule has 0 aliphatic carbocycles. The van der Waals surface area contributed by atoms with Crippen LogP contribution >= 0.6 is 15.9 Å². The van der Waals surface area contributed by atoms with E-state index in [1.165, 1.54) is 0 Å². The fourth-order valence-corrected chi connectivity index (χ4v) is 4.44. The average Bonchev–Trinajstić information content (AvgIpc) is 2.62. The number of nitrogens with one attached hydrogen (secondary N) is 1. The van der Waals surface area contributed by atoms with Crippen LogP contribution in [0.3, 0.4) is 0 Å². The number of carbonyl (C=O) groups excluding carboxylic acids is 1. The number of urea groups is 1. The number of amides is 2. The van der Waals surface area contributed by atoms with Gasteiger partial charge in [-0.25, -0.2) is 4.79 Å². The predicted molar refractivity (Wildman–Crippen MR) is 110 cm³/mol. The quantitative estimate of drug-likeness (QED) is 0.619. The molecule has 1 fully saturated rings. The van der Waals surface area contributed by atoms with Crippen LogP contribution in [0, 0.1) is 0 Å². The zero-order valence-electron chi connectivity index (χ0n) is 15.3. The van der Waals surface area contributed by atoms with Gasteiger partial charge in [0.2, 0.25) is 0 Å². The third-order valence-electron chi connectivity index (χ3n) is 5.14. The summed E-state index contributed by atoms with van der Waals surface area (Å²) in [4.78, 5) is 15.0. The van der Waals surface area contributed by atoms with E-state index in [1.54, 1.807) is 0 Å². The molecule has 3 nitrogen and oxygen atoms in total. The molecule has 0 bridgehead atoms. The SMILES string of the molecule is C=C(C)C[C@]1(c2ccccc2)CCN(C(C)c2ccccc2Br)C(=O)N1. The van der Waals surface area contributed by atoms with Gasteiger partial charge in [-0.3, -0.25) is 0 Å². The van der Waals surface area contributed by atoms with Crippen LogP contribution in [0.25, 0.3) is 0 Å². The van der Waals surface area contributed by atoms with Crippen LogP contribution in [0.15, 0.2) is 71.2 Å². The second-order valence-electron chi connectivity index (χ2n) is 7.15. The van der Waals surface area contributed by atoms with E-state index in [9.17, 15) is 4.79 Å². The van der Waals surface area contributed by atoms with E-state index in [1.807, 2.05) is 48.2 Å². The van der Waals surface area contributed by atoms with Crippen molar-refractivity contribution >= 4 is 22.0 Å². The second kappa shape index (κ2) is 7.67. The van der Waals surface area contributed by atoms with Crippen molar-refractivity contribution in [2.75, 3.05) is 6.54 Å². The minimum Gasteiger partial charge on any atom is -0.328 e. The second-order valence-corrected chi connectivity index (χ2v) is 8.01. The number of halogens is 1. The van der Waals surface area contributed by atoms with Gasteiger partial charge in [0.25, 0.3) is 0 Å². The standard InChI is InChI=1S/C22H25BrN2O/c1-16(2)15-22(18-9-5-4-6-10-18)13-14-25(21(26)24-22)17(3)19-11-7-8-12-20(19)23/h4-12,17H,1,13-15H2,2-3H3,(H,24,26)/t17?,22-/m0/s1. The third kappa shape index (κ3) is 3.70. The zero-order valence-corrected chi connectivity index (χ0v) is 16.9. The molecule has 1 saturated heterocycles. The van der Waals surface area contributed by atoms with Gasteiger partial charge in [-0.15, -0.1) is 6.58 Å². The molecule has 0 saturated carbocycles. The zero-order chi connectivity index (χ0) is 18.7. The minimum absolute atomic E-state index is 0.00387. The number of benzene rings is 2. The number of hydrogen-bond donors (Lipinski definition) is 1. The van der Waals surface area contributed by atoms with Crippen LogP contribution < -0.4 is 5.32 Å². The molecule has 26 heavy (non-hydrogen) atoms. The highest BCUT2D eigenvalue weighted by molar-refractivity contribution is 9.10. The Morgan fingerprint density at radius 2 is 1.88 bits per heavy atom. The van der Waals surface area contributed by atoms with Crippen molar-refractivity contribution in [3.05, 3.63) is 82.3 Å². The van der Waals surface area contributed by atoms with Crippen LogP contribution in [0.2, 0.25) is 0 Å². The van der Waals surface area contributed by atoms with E-state index < -0.39 is 0 Å². The van der Waals surface area contributed by atoms with E-state index in [2.05, 4.69) is 52.9 Å². The van der Waals surface area contributed by atoms with Gasteiger partial charge in [-0.05, 0) is 43.9 Å². The van der Waals surface area contributed by atoms with Crippen molar-refractivity contribution < 1.29 is 4.79 Å². The summed E-state index contributed by atoms with van der Waals surface area (Å²) in [6, 6.07) is 18.3. The van der Waals surface area contributed by atoms with Gasteiger partial charge in [0, 0.05) is 11.0 Å². The lowest BCUT2D eigenvalue weighted by molar-refractivity contribution is 0.125. The van der Waals surface area contributed by atoms with Gasteiger partial charge in [-0.1, -0.05) is 70.0 Å². The Bertz CT molecular complexity index is 805. The van der Waals surface area contributed by atoms with Gasteiger partial charge in [0.15, 0.2) is 0 Å². The summed E-state index contributed by atoms with van der Waals surface area (Å²) < 4.78 is 1.03. The monoisotopic (exact) mass is 412 g/mol. The molecule has 2 aromatic carbocycles. The van der Waals surface area contributed by atoms with Gasteiger partial charge in [0.1, 0.15) is 0 Å². The van der Waals surface area contributed by atoms with Crippen LogP contribution in [-0.4, -0.2) is 17.5 Å². The molecule has 0 aromatic heterocycles. The molecule has 2 amide bonds. The van der Waals surface area contributed by atoms with Gasteiger partial charge < -0.3 is 10.2 Å². The molecule has 136 valence electrons. The van der Waals surface area contributed by atoms with Gasteiger partial charge in [-0.2, -0.15) is 0 Å². The summed E-state index contributed by atoms with van der Waals surface area (Å²) in [6.45, 7) is 8.89. The first kappa shape index (κ1) is 18.7.